The molecule has 0 saturated heterocycles. The van der Waals surface area contributed by atoms with Crippen LogP contribution in [0.4, 0.5) is 0 Å². The number of fused-ring (bicyclic) bond motifs is 12. The summed E-state index contributed by atoms with van der Waals surface area (Å²) in [5, 5.41) is 7.52. The van der Waals surface area contributed by atoms with E-state index in [9.17, 15) is 0 Å². The number of pyridine rings is 1. The van der Waals surface area contributed by atoms with Crippen LogP contribution in [-0.2, 0) is 0 Å². The SMILES string of the molecule is c1ccc(-c2nc(-c3ccccc3)nc(-c3ccc(-c4ccc(-n5c6ccccc6c6c5ccc5c7ccccc7c7cc8ccccc8n7c56)cc4)cc3)n2)cc1. The first-order chi connectivity index (χ1) is 28.8. The average molecular weight is 740 g/mol. The van der Waals surface area contributed by atoms with Gasteiger partial charge in [0, 0.05) is 49.3 Å². The van der Waals surface area contributed by atoms with E-state index in [-0.39, 0.29) is 0 Å². The molecule has 4 aromatic heterocycles. The Kier molecular flexibility index (Phi) is 7.16. The molecule has 12 rings (SSSR count). The zero-order chi connectivity index (χ0) is 38.2. The third kappa shape index (κ3) is 5.00. The van der Waals surface area contributed by atoms with Gasteiger partial charge in [0.1, 0.15) is 0 Å². The molecule has 5 nitrogen and oxygen atoms in total. The lowest BCUT2D eigenvalue weighted by Crippen LogP contribution is -2.00. The van der Waals surface area contributed by atoms with Crippen molar-refractivity contribution in [1.82, 2.24) is 23.9 Å². The highest BCUT2D eigenvalue weighted by atomic mass is 15.0. The third-order valence-electron chi connectivity index (χ3n) is 11.5. The molecule has 0 aliphatic heterocycles. The van der Waals surface area contributed by atoms with Gasteiger partial charge in [0.05, 0.1) is 27.6 Å². The van der Waals surface area contributed by atoms with Crippen molar-refractivity contribution >= 4 is 59.9 Å². The second kappa shape index (κ2) is 12.8. The van der Waals surface area contributed by atoms with Gasteiger partial charge >= 0.3 is 0 Å². The van der Waals surface area contributed by atoms with Gasteiger partial charge in [0.25, 0.3) is 0 Å². The standard InChI is InChI=1S/C53H33N5/c1-3-13-36(14-4-1)51-54-52(37-15-5-2-6-16-37)56-53(55-51)38-25-23-34(24-26-38)35-27-29-40(30-28-35)57-46-22-12-10-20-44(46)49-47(57)32-31-43-41-18-8-9-19-42(41)48-33-39-17-7-11-21-45(39)58(48)50(43)49/h1-33H. The van der Waals surface area contributed by atoms with Crippen molar-refractivity contribution in [2.24, 2.45) is 0 Å². The summed E-state index contributed by atoms with van der Waals surface area (Å²) in [5.74, 6) is 1.95. The van der Waals surface area contributed by atoms with E-state index in [1.54, 1.807) is 0 Å². The van der Waals surface area contributed by atoms with Crippen molar-refractivity contribution in [3.8, 4) is 51.0 Å². The lowest BCUT2D eigenvalue weighted by Gasteiger charge is -2.13. The molecule has 58 heavy (non-hydrogen) atoms. The van der Waals surface area contributed by atoms with Crippen LogP contribution >= 0.6 is 0 Å². The first kappa shape index (κ1) is 32.4. The number of rotatable bonds is 5. The van der Waals surface area contributed by atoms with Gasteiger partial charge < -0.3 is 8.97 Å². The minimum absolute atomic E-state index is 0.645. The summed E-state index contributed by atoms with van der Waals surface area (Å²) in [7, 11) is 0. The molecule has 0 N–H and O–H groups in total. The van der Waals surface area contributed by atoms with E-state index >= 15 is 0 Å². The van der Waals surface area contributed by atoms with E-state index in [1.807, 2.05) is 60.7 Å². The summed E-state index contributed by atoms with van der Waals surface area (Å²) in [5.41, 5.74) is 12.3. The van der Waals surface area contributed by atoms with Crippen LogP contribution in [0.1, 0.15) is 0 Å². The zero-order valence-electron chi connectivity index (χ0n) is 31.3. The van der Waals surface area contributed by atoms with Gasteiger partial charge in [0.2, 0.25) is 0 Å². The zero-order valence-corrected chi connectivity index (χ0v) is 31.3. The molecule has 0 fully saturated rings. The summed E-state index contributed by atoms with van der Waals surface area (Å²) in [6.45, 7) is 0. The van der Waals surface area contributed by atoms with E-state index in [1.165, 1.54) is 59.9 Å². The molecule has 0 aliphatic rings. The Hall–Kier alpha value is -7.89. The van der Waals surface area contributed by atoms with Gasteiger partial charge in [-0.1, -0.05) is 164 Å². The van der Waals surface area contributed by atoms with Crippen molar-refractivity contribution in [2.45, 2.75) is 0 Å². The molecule has 8 aromatic carbocycles. The first-order valence-corrected chi connectivity index (χ1v) is 19.6. The number of para-hydroxylation sites is 2. The Morgan fingerprint density at radius 3 is 1.47 bits per heavy atom. The van der Waals surface area contributed by atoms with E-state index in [2.05, 4.69) is 148 Å². The number of hydrogen-bond donors (Lipinski definition) is 0. The molecule has 0 amide bonds. The third-order valence-corrected chi connectivity index (χ3v) is 11.5. The van der Waals surface area contributed by atoms with Gasteiger partial charge in [-0.05, 0) is 52.9 Å². The number of nitrogens with zero attached hydrogens (tertiary/aromatic N) is 5. The summed E-state index contributed by atoms with van der Waals surface area (Å²) < 4.78 is 4.90. The van der Waals surface area contributed by atoms with E-state index in [4.69, 9.17) is 15.0 Å². The number of hydrogen-bond acceptors (Lipinski definition) is 3. The summed E-state index contributed by atoms with van der Waals surface area (Å²) >= 11 is 0. The maximum atomic E-state index is 4.93. The highest BCUT2D eigenvalue weighted by Crippen LogP contribution is 2.42. The summed E-state index contributed by atoms with van der Waals surface area (Å²) in [4.78, 5) is 14.7. The largest absolute Gasteiger partial charge is 0.309 e. The molecule has 4 heterocycles. The van der Waals surface area contributed by atoms with Crippen LogP contribution in [-0.4, -0.2) is 23.9 Å². The lowest BCUT2D eigenvalue weighted by atomic mass is 10.0. The van der Waals surface area contributed by atoms with Crippen molar-refractivity contribution in [2.75, 3.05) is 0 Å². The Morgan fingerprint density at radius 1 is 0.310 bits per heavy atom. The topological polar surface area (TPSA) is 48.0 Å². The molecule has 0 aliphatic carbocycles. The molecule has 12 aromatic rings. The second-order valence-corrected chi connectivity index (χ2v) is 14.8. The van der Waals surface area contributed by atoms with Crippen LogP contribution in [0.2, 0.25) is 0 Å². The predicted octanol–water partition coefficient (Wildman–Crippen LogP) is 13.3. The maximum absolute atomic E-state index is 4.93. The monoisotopic (exact) mass is 739 g/mol. The van der Waals surface area contributed by atoms with Crippen LogP contribution in [0.5, 0.6) is 0 Å². The molecule has 0 radical (unpaired) electrons. The minimum atomic E-state index is 0.645. The molecule has 0 spiro atoms. The van der Waals surface area contributed by atoms with E-state index in [0.29, 0.717) is 17.5 Å². The highest BCUT2D eigenvalue weighted by molar-refractivity contribution is 6.27. The minimum Gasteiger partial charge on any atom is -0.309 e. The highest BCUT2D eigenvalue weighted by Gasteiger charge is 2.20. The van der Waals surface area contributed by atoms with Crippen molar-refractivity contribution < 1.29 is 0 Å². The lowest BCUT2D eigenvalue weighted by molar-refractivity contribution is 1.07. The molecule has 270 valence electrons. The van der Waals surface area contributed by atoms with Gasteiger partial charge in [-0.15, -0.1) is 0 Å². The van der Waals surface area contributed by atoms with Gasteiger partial charge in [-0.25, -0.2) is 15.0 Å². The fourth-order valence-electron chi connectivity index (χ4n) is 8.86. The van der Waals surface area contributed by atoms with Crippen molar-refractivity contribution in [3.05, 3.63) is 200 Å². The van der Waals surface area contributed by atoms with Crippen LogP contribution in [0, 0.1) is 0 Å². The molecule has 0 atom stereocenters. The van der Waals surface area contributed by atoms with Crippen molar-refractivity contribution in [3.63, 3.8) is 0 Å². The molecular weight excluding hydrogens is 707 g/mol. The Labute approximate surface area is 333 Å². The average Bonchev–Trinajstić information content (AvgIpc) is 3.86. The predicted molar refractivity (Wildman–Crippen MR) is 239 cm³/mol. The van der Waals surface area contributed by atoms with Gasteiger partial charge in [-0.2, -0.15) is 0 Å². The van der Waals surface area contributed by atoms with Gasteiger partial charge in [0.15, 0.2) is 17.5 Å². The normalized spacial score (nSPS) is 11.8. The first-order valence-electron chi connectivity index (χ1n) is 19.6. The Balaban J connectivity index is 0.972. The van der Waals surface area contributed by atoms with E-state index < -0.39 is 0 Å². The smallest absolute Gasteiger partial charge is 0.164 e. The number of benzene rings is 8. The summed E-state index contributed by atoms with van der Waals surface area (Å²) in [6, 6.07) is 71.0. The summed E-state index contributed by atoms with van der Waals surface area (Å²) in [6.07, 6.45) is 0. The fourth-order valence-corrected chi connectivity index (χ4v) is 8.86. The quantitative estimate of drug-likeness (QED) is 0.165. The van der Waals surface area contributed by atoms with Gasteiger partial charge in [-0.3, -0.25) is 0 Å². The van der Waals surface area contributed by atoms with Crippen LogP contribution in [0.15, 0.2) is 200 Å². The maximum Gasteiger partial charge on any atom is 0.164 e. The van der Waals surface area contributed by atoms with Crippen LogP contribution < -0.4 is 0 Å². The molecule has 0 bridgehead atoms. The molecule has 5 heteroatoms. The fraction of sp³-hybridized carbons (Fsp3) is 0. The van der Waals surface area contributed by atoms with Crippen molar-refractivity contribution in [1.29, 1.82) is 0 Å². The van der Waals surface area contributed by atoms with E-state index in [0.717, 1.165) is 33.5 Å². The molecule has 0 saturated carbocycles. The van der Waals surface area contributed by atoms with Crippen LogP contribution in [0.25, 0.3) is 111 Å². The molecular formula is C53H33N5. The second-order valence-electron chi connectivity index (χ2n) is 14.8. The molecule has 0 unspecified atom stereocenters. The number of aromatic nitrogens is 5. The Morgan fingerprint density at radius 2 is 0.810 bits per heavy atom. The Bertz CT molecular complexity index is 3470. The van der Waals surface area contributed by atoms with Crippen LogP contribution in [0.3, 0.4) is 0 Å².